The Morgan fingerprint density at radius 2 is 1.85 bits per heavy atom. The number of aromatic nitrogens is 2. The number of methoxy groups -OCH3 is 2. The normalized spacial score (nSPS) is 11.2. The second-order valence-corrected chi connectivity index (χ2v) is 4.74. The number of ether oxygens (including phenoxy) is 3. The highest BCUT2D eigenvalue weighted by atomic mass is 16.5. The summed E-state index contributed by atoms with van der Waals surface area (Å²) in [7, 11) is 3.20. The van der Waals surface area contributed by atoms with Gasteiger partial charge in [0.05, 0.1) is 38.0 Å². The fourth-order valence-corrected chi connectivity index (χ4v) is 2.09. The number of nitrogen functional groups attached to an aromatic ring is 1. The molecule has 0 radical (unpaired) electrons. The van der Waals surface area contributed by atoms with Crippen molar-refractivity contribution in [3.63, 3.8) is 0 Å². The van der Waals surface area contributed by atoms with Gasteiger partial charge in [-0.3, -0.25) is 0 Å². The van der Waals surface area contributed by atoms with Crippen molar-refractivity contribution in [2.45, 2.75) is 26.5 Å². The SMILES string of the molecule is COc1cc2nc(N)n(CCOC(C)C)c2cc1OC. The van der Waals surface area contributed by atoms with Crippen molar-refractivity contribution in [1.29, 1.82) is 0 Å². The van der Waals surface area contributed by atoms with Crippen LogP contribution in [0.1, 0.15) is 13.8 Å². The molecule has 0 saturated heterocycles. The predicted octanol–water partition coefficient (Wildman–Crippen LogP) is 2.06. The van der Waals surface area contributed by atoms with Crippen LogP contribution in [0.5, 0.6) is 11.5 Å². The molecule has 0 spiro atoms. The van der Waals surface area contributed by atoms with Gasteiger partial charge in [-0.25, -0.2) is 4.98 Å². The first-order chi connectivity index (χ1) is 9.56. The quantitative estimate of drug-likeness (QED) is 0.876. The summed E-state index contributed by atoms with van der Waals surface area (Å²) in [5.41, 5.74) is 7.66. The Kier molecular flexibility index (Phi) is 4.34. The highest BCUT2D eigenvalue weighted by molar-refractivity contribution is 5.82. The van der Waals surface area contributed by atoms with Crippen LogP contribution in [0.4, 0.5) is 5.95 Å². The molecule has 0 aliphatic carbocycles. The van der Waals surface area contributed by atoms with Crippen molar-refractivity contribution in [3.05, 3.63) is 12.1 Å². The van der Waals surface area contributed by atoms with Crippen LogP contribution in [0.3, 0.4) is 0 Å². The van der Waals surface area contributed by atoms with E-state index < -0.39 is 0 Å². The molecular weight excluding hydrogens is 258 g/mol. The van der Waals surface area contributed by atoms with Gasteiger partial charge in [0.25, 0.3) is 0 Å². The molecule has 0 amide bonds. The van der Waals surface area contributed by atoms with Crippen molar-refractivity contribution in [2.75, 3.05) is 26.6 Å². The predicted molar refractivity (Wildman–Crippen MR) is 78.3 cm³/mol. The molecule has 0 unspecified atom stereocenters. The number of hydrogen-bond acceptors (Lipinski definition) is 5. The summed E-state index contributed by atoms with van der Waals surface area (Å²) in [6.45, 7) is 5.24. The molecule has 0 aliphatic rings. The first-order valence-corrected chi connectivity index (χ1v) is 6.56. The lowest BCUT2D eigenvalue weighted by molar-refractivity contribution is 0.0735. The molecule has 6 heteroatoms. The Hall–Kier alpha value is -1.95. The van der Waals surface area contributed by atoms with E-state index in [0.717, 1.165) is 11.0 Å². The van der Waals surface area contributed by atoms with Gasteiger partial charge in [0.2, 0.25) is 5.95 Å². The van der Waals surface area contributed by atoms with E-state index in [0.29, 0.717) is 30.6 Å². The fourth-order valence-electron chi connectivity index (χ4n) is 2.09. The molecular formula is C14H21N3O3. The summed E-state index contributed by atoms with van der Waals surface area (Å²) in [5, 5.41) is 0. The maximum Gasteiger partial charge on any atom is 0.201 e. The Morgan fingerprint density at radius 1 is 1.20 bits per heavy atom. The molecule has 2 aromatic rings. The van der Waals surface area contributed by atoms with Crippen LogP contribution in [0.25, 0.3) is 11.0 Å². The Bertz CT molecular complexity index is 593. The number of nitrogens with zero attached hydrogens (tertiary/aromatic N) is 2. The zero-order chi connectivity index (χ0) is 14.7. The van der Waals surface area contributed by atoms with Crippen molar-refractivity contribution in [3.8, 4) is 11.5 Å². The molecule has 0 bridgehead atoms. The van der Waals surface area contributed by atoms with Crippen LogP contribution in [0, 0.1) is 0 Å². The number of imidazole rings is 1. The standard InChI is InChI=1S/C14H21N3O3/c1-9(2)20-6-5-17-11-8-13(19-4)12(18-3)7-10(11)16-14(17)15/h7-9H,5-6H2,1-4H3,(H2,15,16). The van der Waals surface area contributed by atoms with E-state index in [4.69, 9.17) is 19.9 Å². The average Bonchev–Trinajstić information content (AvgIpc) is 2.72. The lowest BCUT2D eigenvalue weighted by atomic mass is 10.2. The number of nitrogens with two attached hydrogens (primary N) is 1. The number of benzene rings is 1. The third-order valence-corrected chi connectivity index (χ3v) is 3.05. The summed E-state index contributed by atoms with van der Waals surface area (Å²) in [6.07, 6.45) is 0.195. The summed E-state index contributed by atoms with van der Waals surface area (Å²) >= 11 is 0. The van der Waals surface area contributed by atoms with Crippen LogP contribution in [-0.2, 0) is 11.3 Å². The zero-order valence-corrected chi connectivity index (χ0v) is 12.3. The molecule has 0 atom stereocenters. The molecule has 1 aromatic heterocycles. The Morgan fingerprint density at radius 3 is 2.45 bits per heavy atom. The Labute approximate surface area is 118 Å². The van der Waals surface area contributed by atoms with Crippen molar-refractivity contribution < 1.29 is 14.2 Å². The second-order valence-electron chi connectivity index (χ2n) is 4.74. The van der Waals surface area contributed by atoms with Crippen LogP contribution in [-0.4, -0.2) is 36.5 Å². The van der Waals surface area contributed by atoms with E-state index >= 15 is 0 Å². The monoisotopic (exact) mass is 279 g/mol. The van der Waals surface area contributed by atoms with Gasteiger partial charge < -0.3 is 24.5 Å². The molecule has 1 heterocycles. The molecule has 110 valence electrons. The number of fused-ring (bicyclic) bond motifs is 1. The average molecular weight is 279 g/mol. The molecule has 0 aliphatic heterocycles. The summed E-state index contributed by atoms with van der Waals surface area (Å²) in [4.78, 5) is 4.34. The number of rotatable bonds is 6. The van der Waals surface area contributed by atoms with Gasteiger partial charge in [0.1, 0.15) is 0 Å². The minimum absolute atomic E-state index is 0.195. The zero-order valence-electron chi connectivity index (χ0n) is 12.3. The van der Waals surface area contributed by atoms with Crippen LogP contribution < -0.4 is 15.2 Å². The molecule has 6 nitrogen and oxygen atoms in total. The van der Waals surface area contributed by atoms with Gasteiger partial charge in [-0.1, -0.05) is 0 Å². The maximum absolute atomic E-state index is 5.97. The van der Waals surface area contributed by atoms with E-state index in [1.165, 1.54) is 0 Å². The molecule has 2 rings (SSSR count). The van der Waals surface area contributed by atoms with Gasteiger partial charge in [0, 0.05) is 18.7 Å². The van der Waals surface area contributed by atoms with E-state index in [-0.39, 0.29) is 6.10 Å². The van der Waals surface area contributed by atoms with Gasteiger partial charge in [-0.15, -0.1) is 0 Å². The van der Waals surface area contributed by atoms with Gasteiger partial charge in [-0.2, -0.15) is 0 Å². The van der Waals surface area contributed by atoms with Crippen molar-refractivity contribution >= 4 is 17.0 Å². The second kappa shape index (κ2) is 6.00. The Balaban J connectivity index is 2.36. The first kappa shape index (κ1) is 14.5. The summed E-state index contributed by atoms with van der Waals surface area (Å²) in [5.74, 6) is 1.76. The minimum Gasteiger partial charge on any atom is -0.493 e. The maximum atomic E-state index is 5.97. The lowest BCUT2D eigenvalue weighted by Crippen LogP contribution is -2.12. The first-order valence-electron chi connectivity index (χ1n) is 6.56. The number of anilines is 1. The van der Waals surface area contributed by atoms with Crippen LogP contribution in [0.2, 0.25) is 0 Å². The van der Waals surface area contributed by atoms with Gasteiger partial charge in [-0.05, 0) is 13.8 Å². The highest BCUT2D eigenvalue weighted by Crippen LogP contribution is 2.32. The fraction of sp³-hybridized carbons (Fsp3) is 0.500. The van der Waals surface area contributed by atoms with Gasteiger partial charge in [0.15, 0.2) is 11.5 Å². The van der Waals surface area contributed by atoms with Crippen LogP contribution >= 0.6 is 0 Å². The largest absolute Gasteiger partial charge is 0.493 e. The lowest BCUT2D eigenvalue weighted by Gasteiger charge is -2.11. The molecule has 1 aromatic carbocycles. The van der Waals surface area contributed by atoms with Crippen molar-refractivity contribution in [2.24, 2.45) is 0 Å². The van der Waals surface area contributed by atoms with E-state index in [1.54, 1.807) is 14.2 Å². The topological polar surface area (TPSA) is 71.5 Å². The third kappa shape index (κ3) is 2.80. The van der Waals surface area contributed by atoms with Gasteiger partial charge >= 0.3 is 0 Å². The molecule has 20 heavy (non-hydrogen) atoms. The molecule has 2 N–H and O–H groups in total. The third-order valence-electron chi connectivity index (χ3n) is 3.05. The van der Waals surface area contributed by atoms with Crippen molar-refractivity contribution in [1.82, 2.24) is 9.55 Å². The van der Waals surface area contributed by atoms with E-state index in [9.17, 15) is 0 Å². The molecule has 0 fully saturated rings. The summed E-state index contributed by atoms with van der Waals surface area (Å²) in [6, 6.07) is 3.71. The van der Waals surface area contributed by atoms with E-state index in [2.05, 4.69) is 4.98 Å². The van der Waals surface area contributed by atoms with E-state index in [1.807, 2.05) is 30.5 Å². The highest BCUT2D eigenvalue weighted by Gasteiger charge is 2.13. The number of hydrogen-bond donors (Lipinski definition) is 1. The molecule has 0 saturated carbocycles. The smallest absolute Gasteiger partial charge is 0.201 e. The van der Waals surface area contributed by atoms with Crippen LogP contribution in [0.15, 0.2) is 12.1 Å². The summed E-state index contributed by atoms with van der Waals surface area (Å²) < 4.78 is 18.1. The minimum atomic E-state index is 0.195.